The van der Waals surface area contributed by atoms with Crippen molar-refractivity contribution in [1.82, 2.24) is 0 Å². The van der Waals surface area contributed by atoms with Gasteiger partial charge >= 0.3 is 0 Å². The van der Waals surface area contributed by atoms with E-state index in [1.54, 1.807) is 12.1 Å². The van der Waals surface area contributed by atoms with Crippen LogP contribution in [0, 0.1) is 11.7 Å². The van der Waals surface area contributed by atoms with Gasteiger partial charge in [0.25, 0.3) is 0 Å². The number of anilines is 1. The number of nitrogens with two attached hydrogens (primary N) is 1. The van der Waals surface area contributed by atoms with Crippen molar-refractivity contribution >= 4 is 28.9 Å². The Hall–Kier alpha value is -0.510. The lowest BCUT2D eigenvalue weighted by molar-refractivity contribution is 0.602. The summed E-state index contributed by atoms with van der Waals surface area (Å²) in [7, 11) is 0. The van der Waals surface area contributed by atoms with Gasteiger partial charge in [0.2, 0.25) is 0 Å². The van der Waals surface area contributed by atoms with E-state index in [0.717, 1.165) is 25.2 Å². The van der Waals surface area contributed by atoms with Gasteiger partial charge in [0, 0.05) is 18.8 Å². The van der Waals surface area contributed by atoms with Gasteiger partial charge in [0.05, 0.1) is 10.0 Å². The molecule has 0 bridgehead atoms. The molecule has 2 N–H and O–H groups in total. The van der Waals surface area contributed by atoms with E-state index in [2.05, 4.69) is 4.90 Å². The Morgan fingerprint density at radius 2 is 2.00 bits per heavy atom. The molecule has 0 aliphatic carbocycles. The smallest absolute Gasteiger partial charge is 0.160 e. The second kappa shape index (κ2) is 4.78. The summed E-state index contributed by atoms with van der Waals surface area (Å²) in [5.74, 6) is -0.0516. The number of hydrogen-bond donors (Lipinski definition) is 1. The zero-order chi connectivity index (χ0) is 11.7. The number of nitrogens with zero attached hydrogens (tertiary/aromatic N) is 1. The summed E-state index contributed by atoms with van der Waals surface area (Å²) in [5.41, 5.74) is 6.49. The fourth-order valence-electron chi connectivity index (χ4n) is 1.98. The van der Waals surface area contributed by atoms with Crippen LogP contribution in [0.1, 0.15) is 6.42 Å². The minimum atomic E-state index is -0.554. The average Bonchev–Trinajstić information content (AvgIpc) is 2.73. The van der Waals surface area contributed by atoms with E-state index >= 15 is 0 Å². The standard InChI is InChI=1S/C11H13Cl2FN2/c12-9-3-8(4-10(13)11(9)14)16-2-1-7(5-15)6-16/h3-4,7H,1-2,5-6,15H2. The Balaban J connectivity index is 2.22. The van der Waals surface area contributed by atoms with Gasteiger partial charge in [0.1, 0.15) is 0 Å². The van der Waals surface area contributed by atoms with Crippen molar-refractivity contribution < 1.29 is 4.39 Å². The Morgan fingerprint density at radius 1 is 1.38 bits per heavy atom. The molecule has 0 spiro atoms. The first kappa shape index (κ1) is 12.0. The molecule has 1 unspecified atom stereocenters. The van der Waals surface area contributed by atoms with Crippen LogP contribution in [-0.2, 0) is 0 Å². The van der Waals surface area contributed by atoms with E-state index in [-0.39, 0.29) is 10.0 Å². The van der Waals surface area contributed by atoms with Crippen LogP contribution in [0.4, 0.5) is 10.1 Å². The molecule has 1 aliphatic rings. The van der Waals surface area contributed by atoms with Gasteiger partial charge in [-0.1, -0.05) is 23.2 Å². The maximum Gasteiger partial charge on any atom is 0.160 e. The fourth-order valence-corrected chi connectivity index (χ4v) is 2.46. The summed E-state index contributed by atoms with van der Waals surface area (Å²) >= 11 is 11.5. The quantitative estimate of drug-likeness (QED) is 0.831. The predicted octanol–water partition coefficient (Wildman–Crippen LogP) is 2.92. The molecule has 2 nitrogen and oxygen atoms in total. The first-order chi connectivity index (χ1) is 7.61. The molecule has 0 aromatic heterocycles. The largest absolute Gasteiger partial charge is 0.371 e. The van der Waals surface area contributed by atoms with Crippen molar-refractivity contribution in [3.63, 3.8) is 0 Å². The predicted molar refractivity (Wildman–Crippen MR) is 65.8 cm³/mol. The van der Waals surface area contributed by atoms with Crippen molar-refractivity contribution in [3.8, 4) is 0 Å². The third-order valence-corrected chi connectivity index (χ3v) is 3.50. The van der Waals surface area contributed by atoms with Gasteiger partial charge < -0.3 is 10.6 Å². The summed E-state index contributed by atoms with van der Waals surface area (Å²) in [4.78, 5) is 2.13. The minimum Gasteiger partial charge on any atom is -0.371 e. The van der Waals surface area contributed by atoms with Crippen molar-refractivity contribution in [3.05, 3.63) is 28.0 Å². The van der Waals surface area contributed by atoms with Crippen molar-refractivity contribution in [2.45, 2.75) is 6.42 Å². The second-order valence-corrected chi connectivity index (χ2v) is 4.87. The molecule has 1 saturated heterocycles. The Morgan fingerprint density at radius 3 is 2.50 bits per heavy atom. The van der Waals surface area contributed by atoms with Crippen LogP contribution in [0.5, 0.6) is 0 Å². The van der Waals surface area contributed by atoms with Crippen LogP contribution >= 0.6 is 23.2 Å². The first-order valence-corrected chi connectivity index (χ1v) is 5.97. The van der Waals surface area contributed by atoms with Crippen LogP contribution in [0.2, 0.25) is 10.0 Å². The molecule has 1 aromatic rings. The molecule has 2 rings (SSSR count). The first-order valence-electron chi connectivity index (χ1n) is 5.21. The average molecular weight is 263 g/mol. The molecule has 1 heterocycles. The van der Waals surface area contributed by atoms with Crippen LogP contribution in [0.25, 0.3) is 0 Å². The summed E-state index contributed by atoms with van der Waals surface area (Å²) in [5, 5.41) is 0.136. The third kappa shape index (κ3) is 2.26. The Kier molecular flexibility index (Phi) is 3.57. The normalized spacial score (nSPS) is 20.5. The van der Waals surface area contributed by atoms with E-state index in [1.165, 1.54) is 0 Å². The molecule has 1 atom stereocenters. The summed E-state index contributed by atoms with van der Waals surface area (Å²) < 4.78 is 13.2. The molecule has 16 heavy (non-hydrogen) atoms. The van der Waals surface area contributed by atoms with Crippen molar-refractivity contribution in [2.75, 3.05) is 24.5 Å². The molecule has 1 aliphatic heterocycles. The lowest BCUT2D eigenvalue weighted by atomic mass is 10.1. The van der Waals surface area contributed by atoms with Crippen LogP contribution in [-0.4, -0.2) is 19.6 Å². The van der Waals surface area contributed by atoms with Gasteiger partial charge in [0.15, 0.2) is 5.82 Å². The van der Waals surface area contributed by atoms with Crippen LogP contribution < -0.4 is 10.6 Å². The zero-order valence-corrected chi connectivity index (χ0v) is 10.2. The summed E-state index contributed by atoms with van der Waals surface area (Å²) in [6, 6.07) is 3.23. The number of hydrogen-bond acceptors (Lipinski definition) is 2. The number of halogens is 3. The highest BCUT2D eigenvalue weighted by Gasteiger charge is 2.22. The molecule has 0 saturated carbocycles. The van der Waals surface area contributed by atoms with Crippen LogP contribution in [0.3, 0.4) is 0 Å². The monoisotopic (exact) mass is 262 g/mol. The van der Waals surface area contributed by atoms with Crippen molar-refractivity contribution in [1.29, 1.82) is 0 Å². The molecule has 0 radical (unpaired) electrons. The minimum absolute atomic E-state index is 0.0682. The zero-order valence-electron chi connectivity index (χ0n) is 8.72. The molecular formula is C11H13Cl2FN2. The molecule has 1 fully saturated rings. The molecule has 1 aromatic carbocycles. The van der Waals surface area contributed by atoms with Crippen molar-refractivity contribution in [2.24, 2.45) is 11.7 Å². The molecule has 88 valence electrons. The second-order valence-electron chi connectivity index (χ2n) is 4.06. The van der Waals surface area contributed by atoms with E-state index in [1.807, 2.05) is 0 Å². The highest BCUT2D eigenvalue weighted by atomic mass is 35.5. The lowest BCUT2D eigenvalue weighted by Crippen LogP contribution is -2.22. The van der Waals surface area contributed by atoms with E-state index in [0.29, 0.717) is 12.5 Å². The Labute approximate surface area is 104 Å². The van der Waals surface area contributed by atoms with Crippen LogP contribution in [0.15, 0.2) is 12.1 Å². The SMILES string of the molecule is NCC1CCN(c2cc(Cl)c(F)c(Cl)c2)C1. The highest BCUT2D eigenvalue weighted by molar-refractivity contribution is 6.35. The van der Waals surface area contributed by atoms with Gasteiger partial charge in [-0.3, -0.25) is 0 Å². The third-order valence-electron chi connectivity index (χ3n) is 2.95. The Bertz CT molecular complexity index is 375. The fraction of sp³-hybridized carbons (Fsp3) is 0.455. The molecule has 5 heteroatoms. The highest BCUT2D eigenvalue weighted by Crippen LogP contribution is 2.31. The maximum atomic E-state index is 13.2. The molecule has 0 amide bonds. The van der Waals surface area contributed by atoms with E-state index in [4.69, 9.17) is 28.9 Å². The van der Waals surface area contributed by atoms with Gasteiger partial charge in [-0.05, 0) is 31.0 Å². The van der Waals surface area contributed by atoms with Gasteiger partial charge in [-0.2, -0.15) is 0 Å². The topological polar surface area (TPSA) is 29.3 Å². The maximum absolute atomic E-state index is 13.2. The number of rotatable bonds is 2. The van der Waals surface area contributed by atoms with Gasteiger partial charge in [-0.15, -0.1) is 0 Å². The molecular weight excluding hydrogens is 250 g/mol. The summed E-state index contributed by atoms with van der Waals surface area (Å²) in [6.45, 7) is 2.48. The van der Waals surface area contributed by atoms with E-state index < -0.39 is 5.82 Å². The van der Waals surface area contributed by atoms with Gasteiger partial charge in [-0.25, -0.2) is 4.39 Å². The summed E-state index contributed by atoms with van der Waals surface area (Å²) in [6.07, 6.45) is 1.06. The number of benzene rings is 1. The van der Waals surface area contributed by atoms with E-state index in [9.17, 15) is 4.39 Å². The lowest BCUT2D eigenvalue weighted by Gasteiger charge is -2.19.